The summed E-state index contributed by atoms with van der Waals surface area (Å²) in [6, 6.07) is 8.64. The zero-order chi connectivity index (χ0) is 17.6. The molecule has 1 aromatic heterocycles. The number of unbranched alkanes of at least 4 members (excludes halogenated alkanes) is 1. The molecule has 1 N–H and O–H groups in total. The van der Waals surface area contributed by atoms with E-state index in [2.05, 4.69) is 41.2 Å². The van der Waals surface area contributed by atoms with Gasteiger partial charge in [-0.05, 0) is 31.7 Å². The average Bonchev–Trinajstić information content (AvgIpc) is 3.29. The van der Waals surface area contributed by atoms with Crippen LogP contribution >= 0.6 is 0 Å². The fourth-order valence-corrected chi connectivity index (χ4v) is 3.47. The molecule has 0 unspecified atom stereocenters. The number of likely N-dealkylation sites (tertiary alicyclic amines) is 1. The maximum absolute atomic E-state index is 12.7. The number of methoxy groups -OCH3 is 1. The van der Waals surface area contributed by atoms with E-state index in [1.165, 1.54) is 11.1 Å². The van der Waals surface area contributed by atoms with Crippen molar-refractivity contribution >= 4 is 5.91 Å². The maximum Gasteiger partial charge on any atom is 0.223 e. The third kappa shape index (κ3) is 4.48. The minimum atomic E-state index is 0.00421. The smallest absolute Gasteiger partial charge is 0.223 e. The second-order valence-electron chi connectivity index (χ2n) is 6.82. The van der Waals surface area contributed by atoms with Crippen molar-refractivity contribution in [3.63, 3.8) is 0 Å². The van der Waals surface area contributed by atoms with Gasteiger partial charge in [0.1, 0.15) is 5.82 Å². The summed E-state index contributed by atoms with van der Waals surface area (Å²) >= 11 is 0. The Kier molecular flexibility index (Phi) is 5.87. The highest BCUT2D eigenvalue weighted by Gasteiger charge is 2.37. The van der Waals surface area contributed by atoms with Crippen LogP contribution in [-0.2, 0) is 16.0 Å². The van der Waals surface area contributed by atoms with Crippen molar-refractivity contribution in [1.29, 1.82) is 0 Å². The number of imidazole rings is 1. The van der Waals surface area contributed by atoms with E-state index in [-0.39, 0.29) is 18.1 Å². The number of H-pyrrole nitrogens is 1. The predicted octanol–water partition coefficient (Wildman–Crippen LogP) is 3.42. The summed E-state index contributed by atoms with van der Waals surface area (Å²) in [7, 11) is 1.71. The predicted molar refractivity (Wildman–Crippen MR) is 97.2 cm³/mol. The molecule has 2 heterocycles. The van der Waals surface area contributed by atoms with Gasteiger partial charge >= 0.3 is 0 Å². The molecule has 5 heteroatoms. The summed E-state index contributed by atoms with van der Waals surface area (Å²) < 4.78 is 5.48. The van der Waals surface area contributed by atoms with Crippen molar-refractivity contribution in [3.8, 4) is 0 Å². The average molecular weight is 341 g/mol. The molecule has 2 atom stereocenters. The van der Waals surface area contributed by atoms with Gasteiger partial charge in [0.15, 0.2) is 0 Å². The quantitative estimate of drug-likeness (QED) is 0.785. The zero-order valence-corrected chi connectivity index (χ0v) is 15.1. The van der Waals surface area contributed by atoms with Gasteiger partial charge in [-0.15, -0.1) is 0 Å². The standard InChI is InChI=1S/C20H27N3O2/c1-15-7-9-16(10-8-15)5-3-4-6-19(24)23-14-17(25-2)13-18(23)20-21-11-12-22-20/h7-12,17-18H,3-6,13-14H2,1-2H3,(H,21,22)/t17-,18+/m1/s1. The number of rotatable bonds is 7. The molecule has 0 aliphatic carbocycles. The van der Waals surface area contributed by atoms with E-state index >= 15 is 0 Å². The molecule has 134 valence electrons. The number of nitrogens with zero attached hydrogens (tertiary/aromatic N) is 2. The lowest BCUT2D eigenvalue weighted by Gasteiger charge is -2.23. The number of carbonyl (C=O) groups excluding carboxylic acids is 1. The minimum absolute atomic E-state index is 0.00421. The van der Waals surface area contributed by atoms with Crippen molar-refractivity contribution in [2.75, 3.05) is 13.7 Å². The molecule has 0 spiro atoms. The summed E-state index contributed by atoms with van der Waals surface area (Å²) in [5.74, 6) is 1.05. The van der Waals surface area contributed by atoms with E-state index in [9.17, 15) is 4.79 Å². The van der Waals surface area contributed by atoms with Crippen LogP contribution in [0.3, 0.4) is 0 Å². The van der Waals surface area contributed by atoms with Gasteiger partial charge in [0, 0.05) is 38.9 Å². The van der Waals surface area contributed by atoms with E-state index in [1.54, 1.807) is 19.5 Å². The van der Waals surface area contributed by atoms with Crippen molar-refractivity contribution < 1.29 is 9.53 Å². The highest BCUT2D eigenvalue weighted by atomic mass is 16.5. The molecule has 1 fully saturated rings. The molecular formula is C20H27N3O2. The van der Waals surface area contributed by atoms with Crippen LogP contribution < -0.4 is 0 Å². The van der Waals surface area contributed by atoms with Crippen LogP contribution in [0, 0.1) is 6.92 Å². The van der Waals surface area contributed by atoms with Crippen LogP contribution in [0.5, 0.6) is 0 Å². The Hall–Kier alpha value is -2.14. The normalized spacial score (nSPS) is 20.2. The molecule has 0 bridgehead atoms. The van der Waals surface area contributed by atoms with Crippen molar-refractivity contribution in [1.82, 2.24) is 14.9 Å². The number of aromatic nitrogens is 2. The Morgan fingerprint density at radius 3 is 2.80 bits per heavy atom. The largest absolute Gasteiger partial charge is 0.380 e. The number of amides is 1. The van der Waals surface area contributed by atoms with Gasteiger partial charge in [-0.3, -0.25) is 4.79 Å². The van der Waals surface area contributed by atoms with E-state index in [4.69, 9.17) is 4.74 Å². The summed E-state index contributed by atoms with van der Waals surface area (Å²) in [5, 5.41) is 0. The molecule has 1 amide bonds. The molecule has 25 heavy (non-hydrogen) atoms. The number of hydrogen-bond donors (Lipinski definition) is 1. The summed E-state index contributed by atoms with van der Waals surface area (Å²) in [6.45, 7) is 2.75. The summed E-state index contributed by atoms with van der Waals surface area (Å²) in [5.41, 5.74) is 2.62. The van der Waals surface area contributed by atoms with Crippen LogP contribution in [0.15, 0.2) is 36.7 Å². The fraction of sp³-hybridized carbons (Fsp3) is 0.500. The van der Waals surface area contributed by atoms with Crippen molar-refractivity contribution in [3.05, 3.63) is 53.6 Å². The molecule has 1 saturated heterocycles. The molecule has 1 aliphatic rings. The van der Waals surface area contributed by atoms with Gasteiger partial charge in [-0.2, -0.15) is 0 Å². The van der Waals surface area contributed by atoms with Crippen LogP contribution in [0.4, 0.5) is 0 Å². The second-order valence-corrected chi connectivity index (χ2v) is 6.82. The fourth-order valence-electron chi connectivity index (χ4n) is 3.47. The molecule has 1 aromatic carbocycles. The third-order valence-corrected chi connectivity index (χ3v) is 4.98. The number of hydrogen-bond acceptors (Lipinski definition) is 3. The minimum Gasteiger partial charge on any atom is -0.380 e. The molecule has 0 saturated carbocycles. The first kappa shape index (κ1) is 17.7. The highest BCUT2D eigenvalue weighted by molar-refractivity contribution is 5.77. The first-order chi connectivity index (χ1) is 12.2. The number of aromatic amines is 1. The Balaban J connectivity index is 1.50. The van der Waals surface area contributed by atoms with Crippen molar-refractivity contribution in [2.45, 2.75) is 51.2 Å². The van der Waals surface area contributed by atoms with Crippen LogP contribution in [0.25, 0.3) is 0 Å². The number of carbonyl (C=O) groups is 1. The number of aryl methyl sites for hydroxylation is 2. The van der Waals surface area contributed by atoms with E-state index in [0.717, 1.165) is 31.5 Å². The van der Waals surface area contributed by atoms with Crippen molar-refractivity contribution in [2.24, 2.45) is 0 Å². The number of nitrogens with one attached hydrogen (secondary N) is 1. The Morgan fingerprint density at radius 1 is 1.32 bits per heavy atom. The van der Waals surface area contributed by atoms with Crippen LogP contribution in [0.1, 0.15) is 48.7 Å². The van der Waals surface area contributed by atoms with Gasteiger partial charge in [-0.1, -0.05) is 29.8 Å². The second kappa shape index (κ2) is 8.30. The van der Waals surface area contributed by atoms with E-state index < -0.39 is 0 Å². The number of benzene rings is 1. The molecular weight excluding hydrogens is 314 g/mol. The topological polar surface area (TPSA) is 58.2 Å². The van der Waals surface area contributed by atoms with Gasteiger partial charge in [-0.25, -0.2) is 4.98 Å². The Bertz CT molecular complexity index is 667. The molecule has 5 nitrogen and oxygen atoms in total. The molecule has 2 aromatic rings. The van der Waals surface area contributed by atoms with Gasteiger partial charge < -0.3 is 14.6 Å². The van der Waals surface area contributed by atoms with E-state index in [0.29, 0.717) is 13.0 Å². The lowest BCUT2D eigenvalue weighted by Crippen LogP contribution is -2.32. The molecule has 0 radical (unpaired) electrons. The monoisotopic (exact) mass is 341 g/mol. The van der Waals surface area contributed by atoms with Gasteiger partial charge in [0.25, 0.3) is 0 Å². The summed E-state index contributed by atoms with van der Waals surface area (Å²) in [4.78, 5) is 22.1. The third-order valence-electron chi connectivity index (χ3n) is 4.98. The highest BCUT2D eigenvalue weighted by Crippen LogP contribution is 2.32. The van der Waals surface area contributed by atoms with Gasteiger partial charge in [0.2, 0.25) is 5.91 Å². The van der Waals surface area contributed by atoms with Gasteiger partial charge in [0.05, 0.1) is 12.1 Å². The maximum atomic E-state index is 12.7. The first-order valence-corrected chi connectivity index (χ1v) is 9.04. The lowest BCUT2D eigenvalue weighted by atomic mass is 10.1. The zero-order valence-electron chi connectivity index (χ0n) is 15.1. The van der Waals surface area contributed by atoms with Crippen LogP contribution in [0.2, 0.25) is 0 Å². The number of ether oxygens (including phenoxy) is 1. The SMILES string of the molecule is CO[C@@H]1C[C@@H](c2ncc[nH]2)N(C(=O)CCCCc2ccc(C)cc2)C1. The van der Waals surface area contributed by atoms with E-state index in [1.807, 2.05) is 4.90 Å². The summed E-state index contributed by atoms with van der Waals surface area (Å²) in [6.07, 6.45) is 7.98. The van der Waals surface area contributed by atoms with Crippen LogP contribution in [-0.4, -0.2) is 40.5 Å². The lowest BCUT2D eigenvalue weighted by molar-refractivity contribution is -0.132. The molecule has 3 rings (SSSR count). The first-order valence-electron chi connectivity index (χ1n) is 9.04. The molecule has 1 aliphatic heterocycles. The Labute approximate surface area is 149 Å². The Morgan fingerprint density at radius 2 is 2.12 bits per heavy atom.